The largest absolute Gasteiger partial charge is 0.349 e. The van der Waals surface area contributed by atoms with E-state index in [1.54, 1.807) is 0 Å². The van der Waals surface area contributed by atoms with Gasteiger partial charge in [-0.1, -0.05) is 43.7 Å². The fraction of sp³-hybridized carbons (Fsp3) is 0.476. The normalized spacial score (nSPS) is 14.3. The molecule has 0 fully saturated rings. The maximum Gasteiger partial charge on any atom is 0.287 e. The van der Waals surface area contributed by atoms with Crippen LogP contribution < -0.4 is 10.6 Å². The van der Waals surface area contributed by atoms with E-state index >= 15 is 0 Å². The quantitative estimate of drug-likeness (QED) is 0.737. The first-order chi connectivity index (χ1) is 13.1. The Morgan fingerprint density at radius 3 is 2.70 bits per heavy atom. The van der Waals surface area contributed by atoms with Gasteiger partial charge in [-0.15, -0.1) is 0 Å². The van der Waals surface area contributed by atoms with E-state index in [0.29, 0.717) is 18.1 Å². The van der Waals surface area contributed by atoms with Gasteiger partial charge in [0.25, 0.3) is 11.8 Å². The Morgan fingerprint density at radius 2 is 1.96 bits per heavy atom. The number of hydrogen-bond acceptors (Lipinski definition) is 3. The number of imidazole rings is 1. The average Bonchev–Trinajstić information content (AvgIpc) is 3.09. The first kappa shape index (κ1) is 19.1. The molecule has 1 aliphatic rings. The molecule has 2 heterocycles. The fourth-order valence-corrected chi connectivity index (χ4v) is 3.45. The number of nitrogens with one attached hydrogen (secondary N) is 2. The number of aromatic nitrogens is 2. The van der Waals surface area contributed by atoms with Crippen LogP contribution in [-0.2, 0) is 13.0 Å². The van der Waals surface area contributed by atoms with Crippen LogP contribution in [0.25, 0.3) is 0 Å². The SMILES string of the molecule is CCCCNC(=O)c1nc(C(=O)NC(C)c2ccccc2)c2n1CCCC2. The number of amides is 2. The van der Waals surface area contributed by atoms with E-state index in [9.17, 15) is 9.59 Å². The summed E-state index contributed by atoms with van der Waals surface area (Å²) in [6.07, 6.45) is 4.74. The predicted molar refractivity (Wildman–Crippen MR) is 105 cm³/mol. The van der Waals surface area contributed by atoms with Gasteiger partial charge in [0.15, 0.2) is 5.82 Å². The molecule has 1 aliphatic heterocycles. The highest BCUT2D eigenvalue weighted by molar-refractivity contribution is 5.97. The lowest BCUT2D eigenvalue weighted by Gasteiger charge is -2.18. The number of nitrogens with zero attached hydrogens (tertiary/aromatic N) is 2. The standard InChI is InChI=1S/C21H28N4O2/c1-3-4-13-22-21(27)19-24-18(17-12-8-9-14-25(17)19)20(26)23-15(2)16-10-6-5-7-11-16/h5-7,10-11,15H,3-4,8-9,12-14H2,1-2H3,(H,22,27)(H,23,26). The van der Waals surface area contributed by atoms with Gasteiger partial charge < -0.3 is 15.2 Å². The number of fused-ring (bicyclic) bond motifs is 1. The molecule has 27 heavy (non-hydrogen) atoms. The van der Waals surface area contributed by atoms with E-state index in [2.05, 4.69) is 22.5 Å². The first-order valence-electron chi connectivity index (χ1n) is 9.85. The summed E-state index contributed by atoms with van der Waals surface area (Å²) in [7, 11) is 0. The molecular weight excluding hydrogens is 340 g/mol. The Labute approximate surface area is 160 Å². The number of benzene rings is 1. The fourth-order valence-electron chi connectivity index (χ4n) is 3.45. The summed E-state index contributed by atoms with van der Waals surface area (Å²) >= 11 is 0. The molecule has 1 aromatic heterocycles. The molecule has 2 amide bonds. The second kappa shape index (κ2) is 8.84. The molecule has 6 nitrogen and oxygen atoms in total. The second-order valence-corrected chi connectivity index (χ2v) is 7.05. The molecule has 0 radical (unpaired) electrons. The topological polar surface area (TPSA) is 76.0 Å². The highest BCUT2D eigenvalue weighted by Gasteiger charge is 2.27. The van der Waals surface area contributed by atoms with E-state index in [1.807, 2.05) is 41.8 Å². The summed E-state index contributed by atoms with van der Waals surface area (Å²) < 4.78 is 1.92. The summed E-state index contributed by atoms with van der Waals surface area (Å²) in [6.45, 7) is 5.40. The van der Waals surface area contributed by atoms with Gasteiger partial charge in [0.2, 0.25) is 0 Å². The van der Waals surface area contributed by atoms with Crippen molar-refractivity contribution in [3.8, 4) is 0 Å². The van der Waals surface area contributed by atoms with Crippen molar-refractivity contribution in [2.24, 2.45) is 0 Å². The molecule has 6 heteroatoms. The van der Waals surface area contributed by atoms with E-state index in [0.717, 1.165) is 49.9 Å². The van der Waals surface area contributed by atoms with Crippen LogP contribution in [0.5, 0.6) is 0 Å². The Morgan fingerprint density at radius 1 is 1.19 bits per heavy atom. The van der Waals surface area contributed by atoms with E-state index in [1.165, 1.54) is 0 Å². The van der Waals surface area contributed by atoms with Crippen LogP contribution >= 0.6 is 0 Å². The van der Waals surface area contributed by atoms with Crippen molar-refractivity contribution in [2.75, 3.05) is 6.54 Å². The summed E-state index contributed by atoms with van der Waals surface area (Å²) in [5.74, 6) is -0.0512. The minimum Gasteiger partial charge on any atom is -0.349 e. The summed E-state index contributed by atoms with van der Waals surface area (Å²) in [5, 5.41) is 5.94. The van der Waals surface area contributed by atoms with Crippen molar-refractivity contribution >= 4 is 11.8 Å². The molecule has 2 aromatic rings. The Bertz CT molecular complexity index is 798. The van der Waals surface area contributed by atoms with Gasteiger partial charge in [0.1, 0.15) is 5.69 Å². The van der Waals surface area contributed by atoms with E-state index < -0.39 is 0 Å². The number of hydrogen-bond donors (Lipinski definition) is 2. The van der Waals surface area contributed by atoms with Gasteiger partial charge in [-0.25, -0.2) is 4.98 Å². The van der Waals surface area contributed by atoms with Gasteiger partial charge in [-0.05, 0) is 38.2 Å². The molecular formula is C21H28N4O2. The van der Waals surface area contributed by atoms with Crippen LogP contribution in [0.15, 0.2) is 30.3 Å². The number of unbranched alkanes of at least 4 members (excludes halogenated alkanes) is 1. The molecule has 1 unspecified atom stereocenters. The zero-order valence-electron chi connectivity index (χ0n) is 16.1. The molecule has 0 bridgehead atoms. The van der Waals surface area contributed by atoms with Crippen LogP contribution in [0.3, 0.4) is 0 Å². The Hall–Kier alpha value is -2.63. The van der Waals surface area contributed by atoms with Crippen molar-refractivity contribution in [3.63, 3.8) is 0 Å². The molecule has 1 atom stereocenters. The molecule has 2 N–H and O–H groups in total. The van der Waals surface area contributed by atoms with Crippen molar-refractivity contribution in [1.82, 2.24) is 20.2 Å². The first-order valence-corrected chi connectivity index (χ1v) is 9.85. The Kier molecular flexibility index (Phi) is 6.27. The summed E-state index contributed by atoms with van der Waals surface area (Å²) in [6, 6.07) is 9.71. The number of carbonyl (C=O) groups excluding carboxylic acids is 2. The highest BCUT2D eigenvalue weighted by Crippen LogP contribution is 2.22. The molecule has 0 aliphatic carbocycles. The lowest BCUT2D eigenvalue weighted by molar-refractivity contribution is 0.0933. The molecule has 1 aromatic carbocycles. The average molecular weight is 368 g/mol. The number of carbonyl (C=O) groups is 2. The van der Waals surface area contributed by atoms with E-state index in [-0.39, 0.29) is 17.9 Å². The van der Waals surface area contributed by atoms with Crippen LogP contribution in [0.1, 0.15) is 77.9 Å². The van der Waals surface area contributed by atoms with Crippen LogP contribution in [0, 0.1) is 0 Å². The van der Waals surface area contributed by atoms with Crippen molar-refractivity contribution in [1.29, 1.82) is 0 Å². The highest BCUT2D eigenvalue weighted by atomic mass is 16.2. The Balaban J connectivity index is 1.80. The van der Waals surface area contributed by atoms with Crippen LogP contribution in [0.4, 0.5) is 0 Å². The van der Waals surface area contributed by atoms with Gasteiger partial charge in [-0.3, -0.25) is 9.59 Å². The molecule has 0 spiro atoms. The minimum absolute atomic E-state index is 0.124. The molecule has 144 valence electrons. The van der Waals surface area contributed by atoms with Crippen molar-refractivity contribution in [3.05, 3.63) is 53.1 Å². The van der Waals surface area contributed by atoms with Crippen LogP contribution in [-0.4, -0.2) is 27.9 Å². The predicted octanol–water partition coefficient (Wildman–Crippen LogP) is 3.24. The maximum atomic E-state index is 12.9. The number of rotatable bonds is 7. The lowest BCUT2D eigenvalue weighted by Crippen LogP contribution is -2.28. The smallest absolute Gasteiger partial charge is 0.287 e. The van der Waals surface area contributed by atoms with Crippen LogP contribution in [0.2, 0.25) is 0 Å². The van der Waals surface area contributed by atoms with E-state index in [4.69, 9.17) is 0 Å². The van der Waals surface area contributed by atoms with Gasteiger partial charge >= 0.3 is 0 Å². The third-order valence-electron chi connectivity index (χ3n) is 5.00. The minimum atomic E-state index is -0.218. The van der Waals surface area contributed by atoms with Crippen molar-refractivity contribution in [2.45, 2.75) is 58.5 Å². The lowest BCUT2D eigenvalue weighted by atomic mass is 10.1. The van der Waals surface area contributed by atoms with Gasteiger partial charge in [0, 0.05) is 13.1 Å². The second-order valence-electron chi connectivity index (χ2n) is 7.05. The zero-order valence-corrected chi connectivity index (χ0v) is 16.1. The zero-order chi connectivity index (χ0) is 19.2. The molecule has 3 rings (SSSR count). The summed E-state index contributed by atoms with van der Waals surface area (Å²) in [4.78, 5) is 29.9. The van der Waals surface area contributed by atoms with Gasteiger partial charge in [-0.2, -0.15) is 0 Å². The monoisotopic (exact) mass is 368 g/mol. The van der Waals surface area contributed by atoms with Crippen molar-refractivity contribution < 1.29 is 9.59 Å². The third kappa shape index (κ3) is 4.38. The third-order valence-corrected chi connectivity index (χ3v) is 5.00. The molecule has 0 saturated heterocycles. The summed E-state index contributed by atoms with van der Waals surface area (Å²) in [5.41, 5.74) is 2.30. The molecule has 0 saturated carbocycles. The maximum absolute atomic E-state index is 12.9. The van der Waals surface area contributed by atoms with Gasteiger partial charge in [0.05, 0.1) is 11.7 Å².